The molecule has 0 unspecified atom stereocenters. The Labute approximate surface area is 163 Å². The molecule has 0 bridgehead atoms. The SMILES string of the molecule is C=CCCCCCCC[C@@H](C=O)[C@H](Nc1ccc(OC)cc1)C(=O)OCC. The van der Waals surface area contributed by atoms with E-state index in [2.05, 4.69) is 11.9 Å². The lowest BCUT2D eigenvalue weighted by atomic mass is 9.94. The molecule has 0 amide bonds. The monoisotopic (exact) mass is 375 g/mol. The Kier molecular flexibility index (Phi) is 11.7. The summed E-state index contributed by atoms with van der Waals surface area (Å²) in [6, 6.07) is 6.59. The summed E-state index contributed by atoms with van der Waals surface area (Å²) >= 11 is 0. The number of nitrogens with one attached hydrogen (secondary N) is 1. The second-order valence-corrected chi connectivity index (χ2v) is 6.54. The van der Waals surface area contributed by atoms with E-state index in [4.69, 9.17) is 9.47 Å². The number of hydrogen-bond acceptors (Lipinski definition) is 5. The fourth-order valence-corrected chi connectivity index (χ4v) is 2.95. The maximum Gasteiger partial charge on any atom is 0.329 e. The van der Waals surface area contributed by atoms with Crippen LogP contribution in [0.2, 0.25) is 0 Å². The predicted molar refractivity (Wildman–Crippen MR) is 109 cm³/mol. The Hall–Kier alpha value is -2.30. The zero-order valence-electron chi connectivity index (χ0n) is 16.6. The second kappa shape index (κ2) is 13.8. The van der Waals surface area contributed by atoms with Gasteiger partial charge in [-0.15, -0.1) is 6.58 Å². The average Bonchev–Trinajstić information content (AvgIpc) is 2.69. The highest BCUT2D eigenvalue weighted by molar-refractivity contribution is 5.83. The molecule has 5 heteroatoms. The molecule has 0 fully saturated rings. The number of benzene rings is 1. The normalized spacial score (nSPS) is 12.7. The first-order valence-electron chi connectivity index (χ1n) is 9.79. The lowest BCUT2D eigenvalue weighted by molar-refractivity contribution is -0.146. The third-order valence-electron chi connectivity index (χ3n) is 4.50. The van der Waals surface area contributed by atoms with Crippen molar-refractivity contribution in [2.75, 3.05) is 19.0 Å². The van der Waals surface area contributed by atoms with E-state index in [0.29, 0.717) is 6.42 Å². The number of aldehydes is 1. The number of carbonyl (C=O) groups is 2. The van der Waals surface area contributed by atoms with Gasteiger partial charge in [0, 0.05) is 11.6 Å². The number of esters is 1. The van der Waals surface area contributed by atoms with Crippen LogP contribution in [0.3, 0.4) is 0 Å². The highest BCUT2D eigenvalue weighted by Gasteiger charge is 2.29. The van der Waals surface area contributed by atoms with Gasteiger partial charge < -0.3 is 19.6 Å². The number of ether oxygens (including phenoxy) is 2. The van der Waals surface area contributed by atoms with Gasteiger partial charge in [0.05, 0.1) is 13.7 Å². The first-order valence-corrected chi connectivity index (χ1v) is 9.79. The number of anilines is 1. The largest absolute Gasteiger partial charge is 0.497 e. The third kappa shape index (κ3) is 8.76. The summed E-state index contributed by atoms with van der Waals surface area (Å²) in [5, 5.41) is 3.16. The van der Waals surface area contributed by atoms with Crippen LogP contribution < -0.4 is 10.1 Å². The van der Waals surface area contributed by atoms with Gasteiger partial charge in [0.15, 0.2) is 0 Å². The van der Waals surface area contributed by atoms with E-state index in [-0.39, 0.29) is 6.61 Å². The molecule has 0 aliphatic rings. The summed E-state index contributed by atoms with van der Waals surface area (Å²) in [5.41, 5.74) is 0.755. The van der Waals surface area contributed by atoms with E-state index < -0.39 is 17.9 Å². The summed E-state index contributed by atoms with van der Waals surface area (Å²) in [7, 11) is 1.60. The summed E-state index contributed by atoms with van der Waals surface area (Å²) in [6.45, 7) is 5.78. The van der Waals surface area contributed by atoms with E-state index in [1.807, 2.05) is 30.3 Å². The highest BCUT2D eigenvalue weighted by atomic mass is 16.5. The molecule has 0 aromatic heterocycles. The molecule has 1 rings (SSSR count). The summed E-state index contributed by atoms with van der Waals surface area (Å²) < 4.78 is 10.3. The number of unbranched alkanes of at least 4 members (excludes halogenated alkanes) is 5. The number of hydrogen-bond donors (Lipinski definition) is 1. The Morgan fingerprint density at radius 1 is 1.15 bits per heavy atom. The van der Waals surface area contributed by atoms with Gasteiger partial charge in [-0.25, -0.2) is 4.79 Å². The van der Waals surface area contributed by atoms with E-state index in [1.165, 1.54) is 6.42 Å². The van der Waals surface area contributed by atoms with Crippen LogP contribution in [-0.2, 0) is 14.3 Å². The van der Waals surface area contributed by atoms with Crippen LogP contribution in [0.5, 0.6) is 5.75 Å². The molecule has 2 atom stereocenters. The van der Waals surface area contributed by atoms with E-state index >= 15 is 0 Å². The van der Waals surface area contributed by atoms with Gasteiger partial charge in [-0.2, -0.15) is 0 Å². The quantitative estimate of drug-likeness (QED) is 0.207. The van der Waals surface area contributed by atoms with Crippen molar-refractivity contribution in [3.8, 4) is 5.75 Å². The molecular weight excluding hydrogens is 342 g/mol. The van der Waals surface area contributed by atoms with Crippen LogP contribution >= 0.6 is 0 Å². The zero-order valence-corrected chi connectivity index (χ0v) is 16.6. The molecule has 1 aromatic rings. The van der Waals surface area contributed by atoms with Crippen molar-refractivity contribution in [3.63, 3.8) is 0 Å². The summed E-state index contributed by atoms with van der Waals surface area (Å²) in [5.74, 6) is -0.0765. The van der Waals surface area contributed by atoms with Crippen LogP contribution in [0.15, 0.2) is 36.9 Å². The maximum atomic E-state index is 12.4. The van der Waals surface area contributed by atoms with Crippen LogP contribution in [-0.4, -0.2) is 32.0 Å². The Balaban J connectivity index is 2.64. The van der Waals surface area contributed by atoms with Crippen molar-refractivity contribution in [2.45, 2.75) is 57.9 Å². The standard InChI is InChI=1S/C22H33NO4/c1-4-6-7-8-9-10-11-12-18(17-24)21(22(25)27-5-2)23-19-13-15-20(26-3)16-14-19/h4,13-18,21,23H,1,5-12H2,2-3H3/t18-,21-/m0/s1. The minimum absolute atomic E-state index is 0.286. The van der Waals surface area contributed by atoms with Crippen LogP contribution in [0.25, 0.3) is 0 Å². The molecule has 0 saturated heterocycles. The van der Waals surface area contributed by atoms with Crippen molar-refractivity contribution >= 4 is 17.9 Å². The molecule has 5 nitrogen and oxygen atoms in total. The third-order valence-corrected chi connectivity index (χ3v) is 4.50. The number of carbonyl (C=O) groups excluding carboxylic acids is 2. The van der Waals surface area contributed by atoms with Crippen molar-refractivity contribution < 1.29 is 19.1 Å². The molecule has 1 aromatic carbocycles. The first kappa shape index (κ1) is 22.7. The predicted octanol–water partition coefficient (Wildman–Crippen LogP) is 4.77. The molecule has 0 spiro atoms. The fourth-order valence-electron chi connectivity index (χ4n) is 2.95. The lowest BCUT2D eigenvalue weighted by Crippen LogP contribution is -2.39. The minimum atomic E-state index is -0.684. The molecule has 0 aliphatic carbocycles. The summed E-state index contributed by atoms with van der Waals surface area (Å²) in [6.07, 6.45) is 9.96. The van der Waals surface area contributed by atoms with Crippen molar-refractivity contribution in [2.24, 2.45) is 5.92 Å². The van der Waals surface area contributed by atoms with Gasteiger partial charge >= 0.3 is 5.97 Å². The van der Waals surface area contributed by atoms with E-state index in [1.54, 1.807) is 14.0 Å². The Morgan fingerprint density at radius 2 is 1.81 bits per heavy atom. The van der Waals surface area contributed by atoms with Crippen molar-refractivity contribution in [3.05, 3.63) is 36.9 Å². The van der Waals surface area contributed by atoms with Crippen LogP contribution in [0.4, 0.5) is 5.69 Å². The molecule has 0 heterocycles. The maximum absolute atomic E-state index is 12.4. The Morgan fingerprint density at radius 3 is 2.41 bits per heavy atom. The van der Waals surface area contributed by atoms with Gasteiger partial charge in [0.25, 0.3) is 0 Å². The Bertz CT molecular complexity index is 556. The van der Waals surface area contributed by atoms with Gasteiger partial charge in [0.2, 0.25) is 0 Å². The minimum Gasteiger partial charge on any atom is -0.497 e. The second-order valence-electron chi connectivity index (χ2n) is 6.54. The molecule has 1 N–H and O–H groups in total. The van der Waals surface area contributed by atoms with Gasteiger partial charge in [0.1, 0.15) is 18.1 Å². The van der Waals surface area contributed by atoms with Gasteiger partial charge in [-0.05, 0) is 50.5 Å². The zero-order chi connectivity index (χ0) is 19.9. The van der Waals surface area contributed by atoms with E-state index in [0.717, 1.165) is 49.8 Å². The molecule has 0 radical (unpaired) electrons. The van der Waals surface area contributed by atoms with Crippen LogP contribution in [0, 0.1) is 5.92 Å². The first-order chi connectivity index (χ1) is 13.2. The molecule has 150 valence electrons. The molecular formula is C22H33NO4. The van der Waals surface area contributed by atoms with E-state index in [9.17, 15) is 9.59 Å². The number of rotatable bonds is 15. The molecule has 27 heavy (non-hydrogen) atoms. The fraction of sp³-hybridized carbons (Fsp3) is 0.545. The average molecular weight is 376 g/mol. The van der Waals surface area contributed by atoms with Crippen molar-refractivity contribution in [1.82, 2.24) is 0 Å². The topological polar surface area (TPSA) is 64.6 Å². The number of allylic oxidation sites excluding steroid dienone is 1. The highest BCUT2D eigenvalue weighted by Crippen LogP contribution is 2.21. The number of methoxy groups -OCH3 is 1. The molecule has 0 aliphatic heterocycles. The van der Waals surface area contributed by atoms with Crippen LogP contribution in [0.1, 0.15) is 51.9 Å². The molecule has 0 saturated carbocycles. The lowest BCUT2D eigenvalue weighted by Gasteiger charge is -2.23. The van der Waals surface area contributed by atoms with Gasteiger partial charge in [-0.3, -0.25) is 0 Å². The van der Waals surface area contributed by atoms with Gasteiger partial charge in [-0.1, -0.05) is 31.8 Å². The summed E-state index contributed by atoms with van der Waals surface area (Å²) in [4.78, 5) is 24.1. The van der Waals surface area contributed by atoms with Crippen molar-refractivity contribution in [1.29, 1.82) is 0 Å². The smallest absolute Gasteiger partial charge is 0.329 e.